The second kappa shape index (κ2) is 5.62. The molecule has 0 bridgehead atoms. The van der Waals surface area contributed by atoms with Gasteiger partial charge in [0.05, 0.1) is 13.2 Å². The zero-order valence-corrected chi connectivity index (χ0v) is 11.2. The number of sulfonamides is 1. The van der Waals surface area contributed by atoms with Crippen LogP contribution in [-0.4, -0.2) is 49.6 Å². The molecule has 1 aliphatic rings. The SMILES string of the molecule is O=C(O)C1CN(S(=O)(=O)c2ccc(F)c(F)c2F)CCO1. The van der Waals surface area contributed by atoms with Crippen LogP contribution in [-0.2, 0) is 19.6 Å². The van der Waals surface area contributed by atoms with Gasteiger partial charge in [0.2, 0.25) is 10.0 Å². The Balaban J connectivity index is 2.38. The number of hydrogen-bond acceptors (Lipinski definition) is 4. The Bertz CT molecular complexity index is 679. The molecule has 0 aliphatic carbocycles. The third-order valence-electron chi connectivity index (χ3n) is 2.92. The Kier molecular flexibility index (Phi) is 4.21. The fourth-order valence-corrected chi connectivity index (χ4v) is 3.32. The van der Waals surface area contributed by atoms with E-state index in [0.29, 0.717) is 16.4 Å². The smallest absolute Gasteiger partial charge is 0.334 e. The predicted molar refractivity (Wildman–Crippen MR) is 62.5 cm³/mol. The van der Waals surface area contributed by atoms with Gasteiger partial charge in [-0.3, -0.25) is 0 Å². The van der Waals surface area contributed by atoms with Crippen LogP contribution in [0.5, 0.6) is 0 Å². The normalized spacial score (nSPS) is 20.4. The molecule has 1 unspecified atom stereocenters. The summed E-state index contributed by atoms with van der Waals surface area (Å²) in [5.74, 6) is -6.63. The maximum atomic E-state index is 13.6. The first-order valence-electron chi connectivity index (χ1n) is 5.73. The van der Waals surface area contributed by atoms with Gasteiger partial charge in [-0.1, -0.05) is 0 Å². The van der Waals surface area contributed by atoms with E-state index in [0.717, 1.165) is 0 Å². The summed E-state index contributed by atoms with van der Waals surface area (Å²) in [5.41, 5.74) is 0. The topological polar surface area (TPSA) is 83.9 Å². The lowest BCUT2D eigenvalue weighted by atomic mass is 10.3. The molecule has 1 aliphatic heterocycles. The Hall–Kier alpha value is -1.65. The highest BCUT2D eigenvalue weighted by Crippen LogP contribution is 2.24. The Labute approximate surface area is 117 Å². The molecule has 1 aromatic rings. The van der Waals surface area contributed by atoms with Gasteiger partial charge in [0.15, 0.2) is 23.6 Å². The summed E-state index contributed by atoms with van der Waals surface area (Å²) in [6.45, 7) is -0.970. The number of aliphatic carboxylic acids is 1. The summed E-state index contributed by atoms with van der Waals surface area (Å²) in [6, 6.07) is 1.08. The summed E-state index contributed by atoms with van der Waals surface area (Å²) in [7, 11) is -4.49. The van der Waals surface area contributed by atoms with Crippen molar-refractivity contribution in [2.24, 2.45) is 0 Å². The van der Waals surface area contributed by atoms with Crippen molar-refractivity contribution >= 4 is 16.0 Å². The van der Waals surface area contributed by atoms with Gasteiger partial charge in [0, 0.05) is 6.54 Å². The summed E-state index contributed by atoms with van der Waals surface area (Å²) >= 11 is 0. The van der Waals surface area contributed by atoms with E-state index in [1.807, 2.05) is 0 Å². The largest absolute Gasteiger partial charge is 0.479 e. The molecule has 6 nitrogen and oxygen atoms in total. The number of carbonyl (C=O) groups is 1. The highest BCUT2D eigenvalue weighted by Gasteiger charge is 2.36. The molecule has 0 amide bonds. The average molecular weight is 325 g/mol. The van der Waals surface area contributed by atoms with E-state index in [-0.39, 0.29) is 13.2 Å². The molecular weight excluding hydrogens is 315 g/mol. The number of morpholine rings is 1. The standard InChI is InChI=1S/C11H10F3NO5S/c12-6-1-2-8(10(14)9(6)13)21(18,19)15-3-4-20-7(5-15)11(16)17/h1-2,7H,3-5H2,(H,16,17). The zero-order valence-electron chi connectivity index (χ0n) is 10.4. The van der Waals surface area contributed by atoms with E-state index in [1.165, 1.54) is 0 Å². The van der Waals surface area contributed by atoms with Gasteiger partial charge in [0.1, 0.15) is 4.90 Å². The van der Waals surface area contributed by atoms with Gasteiger partial charge < -0.3 is 9.84 Å². The first-order valence-corrected chi connectivity index (χ1v) is 7.17. The molecule has 1 fully saturated rings. The molecule has 116 valence electrons. The molecule has 2 rings (SSSR count). The number of carboxylic acid groups (broad SMARTS) is 1. The van der Waals surface area contributed by atoms with Crippen molar-refractivity contribution < 1.29 is 36.2 Å². The molecule has 1 aromatic carbocycles. The molecular formula is C11H10F3NO5S. The number of rotatable bonds is 3. The fourth-order valence-electron chi connectivity index (χ4n) is 1.84. The number of nitrogens with zero attached hydrogens (tertiary/aromatic N) is 1. The third-order valence-corrected chi connectivity index (χ3v) is 4.80. The van der Waals surface area contributed by atoms with Crippen molar-refractivity contribution in [1.29, 1.82) is 0 Å². The molecule has 21 heavy (non-hydrogen) atoms. The quantitative estimate of drug-likeness (QED) is 0.822. The number of carboxylic acids is 1. The van der Waals surface area contributed by atoms with Gasteiger partial charge in [-0.15, -0.1) is 0 Å². The predicted octanol–water partition coefficient (Wildman–Crippen LogP) is 0.578. The molecule has 1 atom stereocenters. The van der Waals surface area contributed by atoms with Crippen LogP contribution in [0.2, 0.25) is 0 Å². The first kappa shape index (κ1) is 15.7. The van der Waals surface area contributed by atoms with Crippen LogP contribution in [0.25, 0.3) is 0 Å². The van der Waals surface area contributed by atoms with Crippen molar-refractivity contribution in [2.75, 3.05) is 19.7 Å². The van der Waals surface area contributed by atoms with Crippen molar-refractivity contribution in [3.8, 4) is 0 Å². The van der Waals surface area contributed by atoms with Gasteiger partial charge in [-0.2, -0.15) is 4.31 Å². The van der Waals surface area contributed by atoms with Crippen LogP contribution in [0.15, 0.2) is 17.0 Å². The van der Waals surface area contributed by atoms with E-state index in [4.69, 9.17) is 9.84 Å². The minimum Gasteiger partial charge on any atom is -0.479 e. The Morgan fingerprint density at radius 1 is 1.29 bits per heavy atom. The lowest BCUT2D eigenvalue weighted by molar-refractivity contribution is -0.153. The summed E-state index contributed by atoms with van der Waals surface area (Å²) in [6.07, 6.45) is -1.40. The van der Waals surface area contributed by atoms with E-state index < -0.39 is 51.0 Å². The van der Waals surface area contributed by atoms with Gasteiger partial charge in [-0.25, -0.2) is 26.4 Å². The summed E-state index contributed by atoms with van der Waals surface area (Å²) < 4.78 is 69.5. The van der Waals surface area contributed by atoms with E-state index in [1.54, 1.807) is 0 Å². The molecule has 1 N–H and O–H groups in total. The minimum absolute atomic E-state index is 0.207. The Morgan fingerprint density at radius 2 is 1.95 bits per heavy atom. The molecule has 0 spiro atoms. The van der Waals surface area contributed by atoms with Crippen molar-refractivity contribution in [3.63, 3.8) is 0 Å². The van der Waals surface area contributed by atoms with Crippen LogP contribution >= 0.6 is 0 Å². The lowest BCUT2D eigenvalue weighted by Gasteiger charge is -2.30. The fraction of sp³-hybridized carbons (Fsp3) is 0.364. The number of halogens is 3. The second-order valence-corrected chi connectivity index (χ2v) is 6.14. The van der Waals surface area contributed by atoms with E-state index in [2.05, 4.69) is 0 Å². The van der Waals surface area contributed by atoms with Gasteiger partial charge >= 0.3 is 5.97 Å². The van der Waals surface area contributed by atoms with Crippen LogP contribution in [0.4, 0.5) is 13.2 Å². The minimum atomic E-state index is -4.49. The van der Waals surface area contributed by atoms with Crippen molar-refractivity contribution in [2.45, 2.75) is 11.0 Å². The molecule has 0 radical (unpaired) electrons. The van der Waals surface area contributed by atoms with Crippen LogP contribution in [0.1, 0.15) is 0 Å². The maximum absolute atomic E-state index is 13.6. The third kappa shape index (κ3) is 2.87. The lowest BCUT2D eigenvalue weighted by Crippen LogP contribution is -2.48. The second-order valence-electron chi connectivity index (χ2n) is 4.23. The monoisotopic (exact) mass is 325 g/mol. The molecule has 10 heteroatoms. The Morgan fingerprint density at radius 3 is 2.57 bits per heavy atom. The number of ether oxygens (including phenoxy) is 1. The van der Waals surface area contributed by atoms with E-state index in [9.17, 15) is 26.4 Å². The maximum Gasteiger partial charge on any atom is 0.334 e. The van der Waals surface area contributed by atoms with Crippen molar-refractivity contribution in [3.05, 3.63) is 29.6 Å². The van der Waals surface area contributed by atoms with Gasteiger partial charge in [-0.05, 0) is 12.1 Å². The van der Waals surface area contributed by atoms with Crippen LogP contribution in [0, 0.1) is 17.5 Å². The van der Waals surface area contributed by atoms with Crippen molar-refractivity contribution in [1.82, 2.24) is 4.31 Å². The van der Waals surface area contributed by atoms with Gasteiger partial charge in [0.25, 0.3) is 0 Å². The number of hydrogen-bond donors (Lipinski definition) is 1. The highest BCUT2D eigenvalue weighted by molar-refractivity contribution is 7.89. The molecule has 0 aromatic heterocycles. The van der Waals surface area contributed by atoms with Crippen LogP contribution < -0.4 is 0 Å². The van der Waals surface area contributed by atoms with Crippen LogP contribution in [0.3, 0.4) is 0 Å². The number of benzene rings is 1. The molecule has 1 saturated heterocycles. The molecule has 1 heterocycles. The van der Waals surface area contributed by atoms with E-state index >= 15 is 0 Å². The average Bonchev–Trinajstić information content (AvgIpc) is 2.44. The summed E-state index contributed by atoms with van der Waals surface area (Å²) in [4.78, 5) is 9.75. The highest BCUT2D eigenvalue weighted by atomic mass is 32.2. The molecule has 0 saturated carbocycles. The summed E-state index contributed by atoms with van der Waals surface area (Å²) in [5, 5.41) is 8.80. The first-order chi connectivity index (χ1) is 9.75. The zero-order chi connectivity index (χ0) is 15.8.